The molecular weight excluding hydrogens is 302 g/mol. The Hall–Kier alpha value is -0.660. The van der Waals surface area contributed by atoms with Gasteiger partial charge in [-0.25, -0.2) is 12.7 Å². The van der Waals surface area contributed by atoms with Crippen LogP contribution in [0.25, 0.3) is 0 Å². The highest BCUT2D eigenvalue weighted by atomic mass is 32.2. The van der Waals surface area contributed by atoms with E-state index >= 15 is 0 Å². The molecule has 7 heteroatoms. The highest BCUT2D eigenvalue weighted by Gasteiger charge is 2.28. The second kappa shape index (κ2) is 8.26. The number of nitrogens with one attached hydrogen (secondary N) is 1. The number of sulfonamides is 1. The standard InChI is InChI=1S/C15H29N3O3S/c1-22(20,21)18-12-6-14(7-13-18)15(19)16-8-5-11-17-9-3-2-4-10-17/h14H,2-13H2,1H3,(H,16,19). The topological polar surface area (TPSA) is 69.7 Å². The number of nitrogens with zero attached hydrogens (tertiary/aromatic N) is 2. The van der Waals surface area contributed by atoms with Crippen molar-refractivity contribution in [3.8, 4) is 0 Å². The van der Waals surface area contributed by atoms with E-state index in [4.69, 9.17) is 0 Å². The molecule has 0 radical (unpaired) electrons. The zero-order valence-corrected chi connectivity index (χ0v) is 14.4. The van der Waals surface area contributed by atoms with Crippen LogP contribution < -0.4 is 5.32 Å². The monoisotopic (exact) mass is 331 g/mol. The van der Waals surface area contributed by atoms with Crippen LogP contribution in [0, 0.1) is 5.92 Å². The van der Waals surface area contributed by atoms with Crippen molar-refractivity contribution in [2.24, 2.45) is 5.92 Å². The van der Waals surface area contributed by atoms with Gasteiger partial charge in [-0.15, -0.1) is 0 Å². The molecule has 1 N–H and O–H groups in total. The first-order chi connectivity index (χ1) is 10.5. The first kappa shape index (κ1) is 17.7. The van der Waals surface area contributed by atoms with Crippen molar-refractivity contribution in [1.29, 1.82) is 0 Å². The van der Waals surface area contributed by atoms with E-state index in [0.29, 0.717) is 25.9 Å². The summed E-state index contributed by atoms with van der Waals surface area (Å²) in [6, 6.07) is 0. The summed E-state index contributed by atoms with van der Waals surface area (Å²) in [7, 11) is -3.11. The fraction of sp³-hybridized carbons (Fsp3) is 0.933. The Kier molecular flexibility index (Phi) is 6.65. The summed E-state index contributed by atoms with van der Waals surface area (Å²) in [5.74, 6) is 0.0554. The van der Waals surface area contributed by atoms with Gasteiger partial charge in [-0.3, -0.25) is 4.79 Å². The maximum Gasteiger partial charge on any atom is 0.223 e. The fourth-order valence-electron chi connectivity index (χ4n) is 3.29. The Bertz CT molecular complexity index is 453. The van der Waals surface area contributed by atoms with Gasteiger partial charge in [0.05, 0.1) is 6.26 Å². The van der Waals surface area contributed by atoms with Crippen LogP contribution in [0.5, 0.6) is 0 Å². The average molecular weight is 331 g/mol. The molecule has 0 saturated carbocycles. The van der Waals surface area contributed by atoms with Crippen molar-refractivity contribution in [3.05, 3.63) is 0 Å². The van der Waals surface area contributed by atoms with Gasteiger partial charge in [0.2, 0.25) is 15.9 Å². The van der Waals surface area contributed by atoms with Crippen LogP contribution in [0.1, 0.15) is 38.5 Å². The van der Waals surface area contributed by atoms with Crippen LogP contribution in [0.2, 0.25) is 0 Å². The van der Waals surface area contributed by atoms with Crippen LogP contribution in [0.3, 0.4) is 0 Å². The Morgan fingerprint density at radius 1 is 1.09 bits per heavy atom. The molecule has 2 aliphatic rings. The molecule has 2 fully saturated rings. The number of amides is 1. The molecule has 0 aromatic heterocycles. The van der Waals surface area contributed by atoms with Crippen molar-refractivity contribution in [2.45, 2.75) is 38.5 Å². The van der Waals surface area contributed by atoms with E-state index in [9.17, 15) is 13.2 Å². The molecule has 0 unspecified atom stereocenters. The average Bonchev–Trinajstić information content (AvgIpc) is 2.52. The molecule has 2 saturated heterocycles. The third-order valence-corrected chi connectivity index (χ3v) is 6.00. The predicted octanol–water partition coefficient (Wildman–Crippen LogP) is 0.650. The number of carbonyl (C=O) groups is 1. The van der Waals surface area contributed by atoms with Gasteiger partial charge >= 0.3 is 0 Å². The second-order valence-corrected chi connectivity index (χ2v) is 8.47. The number of carbonyl (C=O) groups excluding carboxylic acids is 1. The number of hydrogen-bond donors (Lipinski definition) is 1. The van der Waals surface area contributed by atoms with Gasteiger partial charge in [-0.1, -0.05) is 6.42 Å². The molecule has 128 valence electrons. The molecule has 0 aliphatic carbocycles. The van der Waals surface area contributed by atoms with Gasteiger partial charge in [0.25, 0.3) is 0 Å². The van der Waals surface area contributed by atoms with Crippen molar-refractivity contribution in [2.75, 3.05) is 45.5 Å². The smallest absolute Gasteiger partial charge is 0.223 e. The summed E-state index contributed by atoms with van der Waals surface area (Å²) in [5, 5.41) is 3.01. The molecule has 0 bridgehead atoms. The lowest BCUT2D eigenvalue weighted by atomic mass is 9.97. The van der Waals surface area contributed by atoms with E-state index in [1.807, 2.05) is 0 Å². The third kappa shape index (κ3) is 5.52. The van der Waals surface area contributed by atoms with Crippen LogP contribution in [-0.4, -0.2) is 69.1 Å². The highest BCUT2D eigenvalue weighted by Crippen LogP contribution is 2.19. The van der Waals surface area contributed by atoms with Gasteiger partial charge in [0, 0.05) is 25.6 Å². The third-order valence-electron chi connectivity index (χ3n) is 4.69. The molecule has 2 aliphatic heterocycles. The Balaban J connectivity index is 1.60. The zero-order valence-electron chi connectivity index (χ0n) is 13.6. The minimum absolute atomic E-state index is 0.0343. The molecule has 22 heavy (non-hydrogen) atoms. The molecule has 0 aromatic rings. The number of likely N-dealkylation sites (tertiary alicyclic amines) is 1. The van der Waals surface area contributed by atoms with E-state index < -0.39 is 10.0 Å². The van der Waals surface area contributed by atoms with Crippen LogP contribution >= 0.6 is 0 Å². The van der Waals surface area contributed by atoms with E-state index in [-0.39, 0.29) is 11.8 Å². The normalized spacial score (nSPS) is 22.6. The minimum Gasteiger partial charge on any atom is -0.356 e. The molecule has 2 rings (SSSR count). The molecule has 0 atom stereocenters. The van der Waals surface area contributed by atoms with Gasteiger partial charge in [-0.05, 0) is 51.7 Å². The maximum atomic E-state index is 12.1. The number of piperidine rings is 2. The van der Waals surface area contributed by atoms with Crippen LogP contribution in [0.4, 0.5) is 0 Å². The predicted molar refractivity (Wildman–Crippen MR) is 87.1 cm³/mol. The van der Waals surface area contributed by atoms with Gasteiger partial charge in [0.15, 0.2) is 0 Å². The molecule has 0 aromatic carbocycles. The van der Waals surface area contributed by atoms with E-state index in [0.717, 1.165) is 19.5 Å². The highest BCUT2D eigenvalue weighted by molar-refractivity contribution is 7.88. The summed E-state index contributed by atoms with van der Waals surface area (Å²) < 4.78 is 24.4. The quantitative estimate of drug-likeness (QED) is 0.726. The summed E-state index contributed by atoms with van der Waals surface area (Å²) in [4.78, 5) is 14.6. The largest absolute Gasteiger partial charge is 0.356 e. The summed E-state index contributed by atoms with van der Waals surface area (Å²) in [6.45, 7) is 5.10. The molecule has 1 amide bonds. The lowest BCUT2D eigenvalue weighted by molar-refractivity contribution is -0.126. The minimum atomic E-state index is -3.11. The fourth-order valence-corrected chi connectivity index (χ4v) is 4.17. The second-order valence-electron chi connectivity index (χ2n) is 6.48. The lowest BCUT2D eigenvalue weighted by Gasteiger charge is -2.29. The molecule has 0 spiro atoms. The first-order valence-electron chi connectivity index (χ1n) is 8.42. The summed E-state index contributed by atoms with van der Waals surface area (Å²) in [6.07, 6.45) is 7.42. The number of rotatable bonds is 6. The van der Waals surface area contributed by atoms with Crippen molar-refractivity contribution < 1.29 is 13.2 Å². The first-order valence-corrected chi connectivity index (χ1v) is 10.3. The van der Waals surface area contributed by atoms with Crippen molar-refractivity contribution in [1.82, 2.24) is 14.5 Å². The Labute approximate surface area is 134 Å². The van der Waals surface area contributed by atoms with Crippen LogP contribution in [-0.2, 0) is 14.8 Å². The van der Waals surface area contributed by atoms with Gasteiger partial charge in [0.1, 0.15) is 0 Å². The van der Waals surface area contributed by atoms with Crippen LogP contribution in [0.15, 0.2) is 0 Å². The maximum absolute atomic E-state index is 12.1. The zero-order chi connectivity index (χ0) is 16.0. The SMILES string of the molecule is CS(=O)(=O)N1CCC(C(=O)NCCCN2CCCCC2)CC1. The van der Waals surface area contributed by atoms with Gasteiger partial charge < -0.3 is 10.2 Å². The van der Waals surface area contributed by atoms with E-state index in [1.54, 1.807) is 0 Å². The van der Waals surface area contributed by atoms with E-state index in [1.165, 1.54) is 42.9 Å². The summed E-state index contributed by atoms with van der Waals surface area (Å²) >= 11 is 0. The Morgan fingerprint density at radius 3 is 2.32 bits per heavy atom. The van der Waals surface area contributed by atoms with Crippen molar-refractivity contribution in [3.63, 3.8) is 0 Å². The molecule has 6 nitrogen and oxygen atoms in total. The molecule has 2 heterocycles. The summed E-state index contributed by atoms with van der Waals surface area (Å²) in [5.41, 5.74) is 0. The molecular formula is C15H29N3O3S. The Morgan fingerprint density at radius 2 is 1.73 bits per heavy atom. The van der Waals surface area contributed by atoms with Crippen molar-refractivity contribution >= 4 is 15.9 Å². The van der Waals surface area contributed by atoms with Gasteiger partial charge in [-0.2, -0.15) is 0 Å². The number of hydrogen-bond acceptors (Lipinski definition) is 4. The van der Waals surface area contributed by atoms with E-state index in [2.05, 4.69) is 10.2 Å². The lowest BCUT2D eigenvalue weighted by Crippen LogP contribution is -2.43.